The number of sulfonamides is 1. The molecule has 1 aliphatic heterocycles. The molecule has 184 valence electrons. The summed E-state index contributed by atoms with van der Waals surface area (Å²) >= 11 is 0. The standard InChI is InChI=1S/C28H33N3O3S/c1-30(21-24-9-4-2-5-10-24)22-25-11-8-12-26(19-25)28(32)29-20-23-15-17-31(18-16-23)35(33,34)27-13-6-3-7-14-27/h2-14,19,23H,15-18,20-22H2,1H3,(H,29,32). The molecule has 0 unspecified atom stereocenters. The van der Waals surface area contributed by atoms with Gasteiger partial charge in [-0.15, -0.1) is 0 Å². The molecular formula is C28H33N3O3S. The maximum atomic E-state index is 12.8. The molecule has 0 atom stereocenters. The smallest absolute Gasteiger partial charge is 0.251 e. The van der Waals surface area contributed by atoms with E-state index >= 15 is 0 Å². The van der Waals surface area contributed by atoms with Gasteiger partial charge in [0, 0.05) is 38.3 Å². The van der Waals surface area contributed by atoms with Crippen LogP contribution in [0.2, 0.25) is 0 Å². The van der Waals surface area contributed by atoms with Crippen molar-refractivity contribution >= 4 is 15.9 Å². The van der Waals surface area contributed by atoms with Gasteiger partial charge in [0.05, 0.1) is 4.90 Å². The normalized spacial score (nSPS) is 15.3. The largest absolute Gasteiger partial charge is 0.352 e. The summed E-state index contributed by atoms with van der Waals surface area (Å²) in [4.78, 5) is 15.4. The molecule has 7 heteroatoms. The van der Waals surface area contributed by atoms with E-state index in [2.05, 4.69) is 29.4 Å². The van der Waals surface area contributed by atoms with Crippen molar-refractivity contribution in [3.63, 3.8) is 0 Å². The van der Waals surface area contributed by atoms with E-state index in [0.29, 0.717) is 30.1 Å². The Kier molecular flexibility index (Phi) is 8.33. The monoisotopic (exact) mass is 491 g/mol. The first-order chi connectivity index (χ1) is 16.9. The molecule has 0 aliphatic carbocycles. The highest BCUT2D eigenvalue weighted by atomic mass is 32.2. The number of nitrogens with zero attached hydrogens (tertiary/aromatic N) is 2. The van der Waals surface area contributed by atoms with Crippen LogP contribution in [0.3, 0.4) is 0 Å². The van der Waals surface area contributed by atoms with Gasteiger partial charge in [0.25, 0.3) is 5.91 Å². The molecule has 1 N–H and O–H groups in total. The van der Waals surface area contributed by atoms with E-state index in [4.69, 9.17) is 0 Å². The quantitative estimate of drug-likeness (QED) is 0.488. The maximum Gasteiger partial charge on any atom is 0.251 e. The second-order valence-corrected chi connectivity index (χ2v) is 11.2. The summed E-state index contributed by atoms with van der Waals surface area (Å²) in [5, 5.41) is 3.05. The minimum Gasteiger partial charge on any atom is -0.352 e. The van der Waals surface area contributed by atoms with Crippen molar-refractivity contribution in [2.75, 3.05) is 26.7 Å². The highest BCUT2D eigenvalue weighted by Crippen LogP contribution is 2.23. The molecule has 6 nitrogen and oxygen atoms in total. The zero-order valence-corrected chi connectivity index (χ0v) is 21.0. The van der Waals surface area contributed by atoms with Gasteiger partial charge in [-0.1, -0.05) is 60.7 Å². The molecule has 0 aromatic heterocycles. The Hall–Kier alpha value is -3.00. The number of nitrogens with one attached hydrogen (secondary N) is 1. The minimum atomic E-state index is -3.45. The third kappa shape index (κ3) is 6.78. The van der Waals surface area contributed by atoms with Crippen molar-refractivity contribution in [1.29, 1.82) is 0 Å². The van der Waals surface area contributed by atoms with Gasteiger partial charge in [-0.3, -0.25) is 9.69 Å². The summed E-state index contributed by atoms with van der Waals surface area (Å²) in [5.74, 6) is 0.179. The van der Waals surface area contributed by atoms with Crippen LogP contribution < -0.4 is 5.32 Å². The number of piperidine rings is 1. The van der Waals surface area contributed by atoms with Gasteiger partial charge in [-0.05, 0) is 61.2 Å². The van der Waals surface area contributed by atoms with Crippen LogP contribution in [0, 0.1) is 5.92 Å². The van der Waals surface area contributed by atoms with E-state index in [-0.39, 0.29) is 11.8 Å². The number of amides is 1. The molecule has 0 spiro atoms. The topological polar surface area (TPSA) is 69.7 Å². The van der Waals surface area contributed by atoms with Crippen LogP contribution in [0.15, 0.2) is 89.8 Å². The van der Waals surface area contributed by atoms with E-state index in [1.807, 2.05) is 48.5 Å². The van der Waals surface area contributed by atoms with Crippen LogP contribution in [-0.2, 0) is 23.1 Å². The Morgan fingerprint density at radius 3 is 2.17 bits per heavy atom. The number of benzene rings is 3. The van der Waals surface area contributed by atoms with Crippen molar-refractivity contribution in [1.82, 2.24) is 14.5 Å². The number of rotatable bonds is 9. The van der Waals surface area contributed by atoms with Gasteiger partial charge in [-0.2, -0.15) is 4.31 Å². The Morgan fingerprint density at radius 1 is 0.886 bits per heavy atom. The average Bonchev–Trinajstić information content (AvgIpc) is 2.88. The second-order valence-electron chi connectivity index (χ2n) is 9.23. The highest BCUT2D eigenvalue weighted by Gasteiger charge is 2.29. The fraction of sp³-hybridized carbons (Fsp3) is 0.321. The van der Waals surface area contributed by atoms with Gasteiger partial charge in [-0.25, -0.2) is 8.42 Å². The Bertz CT molecular complexity index is 1210. The van der Waals surface area contributed by atoms with Crippen LogP contribution in [0.4, 0.5) is 0 Å². The van der Waals surface area contributed by atoms with Gasteiger partial charge in [0.15, 0.2) is 0 Å². The Balaban J connectivity index is 1.25. The lowest BCUT2D eigenvalue weighted by Crippen LogP contribution is -2.41. The molecule has 0 saturated carbocycles. The lowest BCUT2D eigenvalue weighted by Gasteiger charge is -2.31. The molecular weight excluding hydrogens is 458 g/mol. The van der Waals surface area contributed by atoms with Crippen LogP contribution in [0.1, 0.15) is 34.3 Å². The zero-order chi connectivity index (χ0) is 24.7. The minimum absolute atomic E-state index is 0.0862. The molecule has 3 aromatic rings. The summed E-state index contributed by atoms with van der Waals surface area (Å²) < 4.78 is 27.2. The summed E-state index contributed by atoms with van der Waals surface area (Å²) in [6.45, 7) is 3.10. The fourth-order valence-corrected chi connectivity index (χ4v) is 6.00. The SMILES string of the molecule is CN(Cc1ccccc1)Cc1cccc(C(=O)NCC2CCN(S(=O)(=O)c3ccccc3)CC2)c1. The number of carbonyl (C=O) groups excluding carboxylic acids is 1. The molecule has 1 fully saturated rings. The van der Waals surface area contributed by atoms with Crippen molar-refractivity contribution in [3.8, 4) is 0 Å². The average molecular weight is 492 g/mol. The first-order valence-electron chi connectivity index (χ1n) is 12.1. The molecule has 1 saturated heterocycles. The van der Waals surface area contributed by atoms with Gasteiger partial charge in [0.2, 0.25) is 10.0 Å². The van der Waals surface area contributed by atoms with Crippen LogP contribution >= 0.6 is 0 Å². The Labute approximate surface area is 208 Å². The molecule has 35 heavy (non-hydrogen) atoms. The molecule has 1 aliphatic rings. The third-order valence-electron chi connectivity index (χ3n) is 6.44. The number of hydrogen-bond acceptors (Lipinski definition) is 4. The van der Waals surface area contributed by atoms with E-state index in [9.17, 15) is 13.2 Å². The predicted molar refractivity (Wildman–Crippen MR) is 138 cm³/mol. The predicted octanol–water partition coefficient (Wildman–Crippen LogP) is 4.15. The van der Waals surface area contributed by atoms with Crippen LogP contribution in [0.5, 0.6) is 0 Å². The fourth-order valence-electron chi connectivity index (χ4n) is 4.51. The van der Waals surface area contributed by atoms with Gasteiger partial charge in [0.1, 0.15) is 0 Å². The van der Waals surface area contributed by atoms with Gasteiger partial charge < -0.3 is 5.32 Å². The molecule has 1 amide bonds. The first-order valence-corrected chi connectivity index (χ1v) is 13.5. The molecule has 4 rings (SSSR count). The summed E-state index contributed by atoms with van der Waals surface area (Å²) in [6, 6.07) is 26.6. The van der Waals surface area contributed by atoms with Crippen molar-refractivity contribution in [3.05, 3.63) is 102 Å². The van der Waals surface area contributed by atoms with Gasteiger partial charge >= 0.3 is 0 Å². The highest BCUT2D eigenvalue weighted by molar-refractivity contribution is 7.89. The lowest BCUT2D eigenvalue weighted by atomic mass is 9.98. The molecule has 1 heterocycles. The Morgan fingerprint density at radius 2 is 1.49 bits per heavy atom. The summed E-state index contributed by atoms with van der Waals surface area (Å²) in [6.07, 6.45) is 1.47. The van der Waals surface area contributed by atoms with E-state index < -0.39 is 10.0 Å². The maximum absolute atomic E-state index is 12.8. The lowest BCUT2D eigenvalue weighted by molar-refractivity contribution is 0.0941. The molecule has 3 aromatic carbocycles. The zero-order valence-electron chi connectivity index (χ0n) is 20.1. The molecule has 0 radical (unpaired) electrons. The van der Waals surface area contributed by atoms with E-state index in [0.717, 1.165) is 31.5 Å². The third-order valence-corrected chi connectivity index (χ3v) is 8.36. The van der Waals surface area contributed by atoms with Crippen LogP contribution in [-0.4, -0.2) is 50.2 Å². The van der Waals surface area contributed by atoms with E-state index in [1.165, 1.54) is 5.56 Å². The number of carbonyl (C=O) groups is 1. The summed E-state index contributed by atoms with van der Waals surface area (Å²) in [7, 11) is -1.38. The van der Waals surface area contributed by atoms with Crippen LogP contribution in [0.25, 0.3) is 0 Å². The van der Waals surface area contributed by atoms with Crippen molar-refractivity contribution in [2.45, 2.75) is 30.8 Å². The molecule has 0 bridgehead atoms. The van der Waals surface area contributed by atoms with E-state index in [1.54, 1.807) is 28.6 Å². The summed E-state index contributed by atoms with van der Waals surface area (Å²) in [5.41, 5.74) is 3.00. The first kappa shape index (κ1) is 25.1. The van der Waals surface area contributed by atoms with Crippen molar-refractivity contribution < 1.29 is 13.2 Å². The number of hydrogen-bond donors (Lipinski definition) is 1. The van der Waals surface area contributed by atoms with Crippen molar-refractivity contribution in [2.24, 2.45) is 5.92 Å². The second kappa shape index (κ2) is 11.6.